The molecule has 0 spiro atoms. The van der Waals surface area contributed by atoms with Crippen molar-refractivity contribution in [3.63, 3.8) is 0 Å². The smallest absolute Gasteiger partial charge is 0.249 e. The van der Waals surface area contributed by atoms with Crippen molar-refractivity contribution in [2.24, 2.45) is 0 Å². The summed E-state index contributed by atoms with van der Waals surface area (Å²) in [5.41, 5.74) is 1.27. The number of nitrogens with one attached hydrogen (secondary N) is 1. The Kier molecular flexibility index (Phi) is 6.82. The fourth-order valence-electron chi connectivity index (χ4n) is 3.29. The Labute approximate surface area is 169 Å². The summed E-state index contributed by atoms with van der Waals surface area (Å²) in [6.45, 7) is 1.43. The second-order valence-corrected chi connectivity index (χ2v) is 7.31. The number of carbonyl (C=O) groups excluding carboxylic acids is 3. The van der Waals surface area contributed by atoms with E-state index in [9.17, 15) is 14.4 Å². The van der Waals surface area contributed by atoms with Crippen LogP contribution in [-0.2, 0) is 9.59 Å². The van der Waals surface area contributed by atoms with Crippen LogP contribution in [-0.4, -0.2) is 35.6 Å². The number of Topliss-reactive ketones (excluding diaryl/α,β-unsaturated/α-hetero) is 1. The Morgan fingerprint density at radius 3 is 2.21 bits per heavy atom. The molecule has 146 valence electrons. The first-order chi connectivity index (χ1) is 13.5. The molecular formula is C22H23ClN2O3. The van der Waals surface area contributed by atoms with Gasteiger partial charge in [0.1, 0.15) is 6.04 Å². The molecule has 1 aliphatic rings. The van der Waals surface area contributed by atoms with Crippen LogP contribution in [0.2, 0.25) is 5.02 Å². The van der Waals surface area contributed by atoms with Crippen LogP contribution < -0.4 is 5.32 Å². The minimum atomic E-state index is -0.725. The third-order valence-electron chi connectivity index (χ3n) is 4.85. The number of carbonyl (C=O) groups is 3. The second kappa shape index (κ2) is 9.51. The number of hydrogen-bond donors (Lipinski definition) is 1. The van der Waals surface area contributed by atoms with Crippen LogP contribution in [0.15, 0.2) is 54.6 Å². The van der Waals surface area contributed by atoms with Gasteiger partial charge in [-0.25, -0.2) is 0 Å². The van der Waals surface area contributed by atoms with Gasteiger partial charge < -0.3 is 10.2 Å². The minimum Gasteiger partial charge on any atom is -0.341 e. The molecule has 0 saturated carbocycles. The maximum Gasteiger partial charge on any atom is 0.249 e. The summed E-state index contributed by atoms with van der Waals surface area (Å²) >= 11 is 5.83. The first kappa shape index (κ1) is 20.1. The molecule has 0 aromatic heterocycles. The van der Waals surface area contributed by atoms with Gasteiger partial charge >= 0.3 is 0 Å². The number of hydrogen-bond acceptors (Lipinski definition) is 3. The molecule has 0 radical (unpaired) electrons. The van der Waals surface area contributed by atoms with Gasteiger partial charge in [-0.1, -0.05) is 41.9 Å². The summed E-state index contributed by atoms with van der Waals surface area (Å²) in [6, 6.07) is 15.1. The Hall–Kier alpha value is -2.66. The van der Waals surface area contributed by atoms with Gasteiger partial charge in [-0.2, -0.15) is 0 Å². The summed E-state index contributed by atoms with van der Waals surface area (Å²) in [4.78, 5) is 39.4. The number of ketones is 1. The van der Waals surface area contributed by atoms with E-state index in [4.69, 9.17) is 11.6 Å². The van der Waals surface area contributed by atoms with Crippen molar-refractivity contribution in [2.75, 3.05) is 13.1 Å². The molecule has 2 amide bonds. The fraction of sp³-hybridized carbons (Fsp3) is 0.318. The molecule has 1 atom stereocenters. The molecule has 0 aliphatic carbocycles. The number of amides is 2. The molecule has 1 fully saturated rings. The highest BCUT2D eigenvalue weighted by Gasteiger charge is 2.29. The minimum absolute atomic E-state index is 0.0259. The zero-order chi connectivity index (χ0) is 19.9. The average Bonchev–Trinajstić information content (AvgIpc) is 3.26. The maximum absolute atomic E-state index is 12.9. The van der Waals surface area contributed by atoms with Crippen molar-refractivity contribution in [1.29, 1.82) is 0 Å². The monoisotopic (exact) mass is 398 g/mol. The fourth-order valence-corrected chi connectivity index (χ4v) is 3.42. The van der Waals surface area contributed by atoms with Crippen LogP contribution in [0, 0.1) is 0 Å². The van der Waals surface area contributed by atoms with E-state index in [-0.39, 0.29) is 30.4 Å². The maximum atomic E-state index is 12.9. The lowest BCUT2D eigenvalue weighted by Gasteiger charge is -2.24. The van der Waals surface area contributed by atoms with E-state index in [1.807, 2.05) is 30.3 Å². The molecule has 0 unspecified atom stereocenters. The first-order valence-electron chi connectivity index (χ1n) is 9.46. The van der Waals surface area contributed by atoms with Crippen LogP contribution in [0.25, 0.3) is 0 Å². The predicted octanol–water partition coefficient (Wildman–Crippen LogP) is 3.78. The van der Waals surface area contributed by atoms with E-state index in [1.165, 1.54) is 0 Å². The lowest BCUT2D eigenvalue weighted by Crippen LogP contribution is -2.41. The van der Waals surface area contributed by atoms with Crippen molar-refractivity contribution >= 4 is 29.2 Å². The lowest BCUT2D eigenvalue weighted by atomic mass is 10.0. The van der Waals surface area contributed by atoms with E-state index in [1.54, 1.807) is 29.2 Å². The van der Waals surface area contributed by atoms with E-state index in [0.29, 0.717) is 23.7 Å². The van der Waals surface area contributed by atoms with Gasteiger partial charge in [0, 0.05) is 36.5 Å². The van der Waals surface area contributed by atoms with Crippen LogP contribution in [0.4, 0.5) is 0 Å². The van der Waals surface area contributed by atoms with Crippen molar-refractivity contribution in [3.05, 3.63) is 70.7 Å². The van der Waals surface area contributed by atoms with Crippen LogP contribution in [0.1, 0.15) is 47.6 Å². The lowest BCUT2D eigenvalue weighted by molar-refractivity contribution is -0.135. The SMILES string of the molecule is O=C(CCC(=O)c1ccc(Cl)cc1)N[C@H](C(=O)N1CCCC1)c1ccccc1. The van der Waals surface area contributed by atoms with Gasteiger partial charge in [-0.05, 0) is 42.7 Å². The molecule has 1 aliphatic heterocycles. The molecule has 1 heterocycles. The van der Waals surface area contributed by atoms with Crippen LogP contribution in [0.3, 0.4) is 0 Å². The Balaban J connectivity index is 1.63. The topological polar surface area (TPSA) is 66.5 Å². The highest BCUT2D eigenvalue weighted by Crippen LogP contribution is 2.20. The van der Waals surface area contributed by atoms with Crippen LogP contribution >= 0.6 is 11.6 Å². The zero-order valence-corrected chi connectivity index (χ0v) is 16.3. The summed E-state index contributed by atoms with van der Waals surface area (Å²) in [5.74, 6) is -0.543. The molecule has 1 N–H and O–H groups in total. The van der Waals surface area contributed by atoms with Crippen molar-refractivity contribution < 1.29 is 14.4 Å². The van der Waals surface area contributed by atoms with Gasteiger partial charge in [-0.3, -0.25) is 14.4 Å². The van der Waals surface area contributed by atoms with E-state index in [2.05, 4.69) is 5.32 Å². The largest absolute Gasteiger partial charge is 0.341 e. The number of likely N-dealkylation sites (tertiary alicyclic amines) is 1. The van der Waals surface area contributed by atoms with Crippen molar-refractivity contribution in [3.8, 4) is 0 Å². The highest BCUT2D eigenvalue weighted by atomic mass is 35.5. The number of nitrogens with zero attached hydrogens (tertiary/aromatic N) is 1. The number of halogens is 1. The molecule has 1 saturated heterocycles. The molecule has 6 heteroatoms. The number of rotatable bonds is 7. The molecule has 2 aromatic carbocycles. The zero-order valence-electron chi connectivity index (χ0n) is 15.6. The summed E-state index contributed by atoms with van der Waals surface area (Å²) < 4.78 is 0. The standard InChI is InChI=1S/C22H23ClN2O3/c23-18-10-8-16(9-11-18)19(26)12-13-20(27)24-21(17-6-2-1-3-7-17)22(28)25-14-4-5-15-25/h1-3,6-11,21H,4-5,12-15H2,(H,24,27)/t21-/m0/s1. The van der Waals surface area contributed by atoms with Crippen LogP contribution in [0.5, 0.6) is 0 Å². The quantitative estimate of drug-likeness (QED) is 0.721. The molecule has 3 rings (SSSR count). The van der Waals surface area contributed by atoms with Gasteiger partial charge in [-0.15, -0.1) is 0 Å². The van der Waals surface area contributed by atoms with Crippen molar-refractivity contribution in [2.45, 2.75) is 31.7 Å². The Bertz CT molecular complexity index is 831. The third-order valence-corrected chi connectivity index (χ3v) is 5.10. The normalized spacial score (nSPS) is 14.5. The van der Waals surface area contributed by atoms with E-state index >= 15 is 0 Å². The number of benzene rings is 2. The molecule has 28 heavy (non-hydrogen) atoms. The summed E-state index contributed by atoms with van der Waals surface area (Å²) in [7, 11) is 0. The first-order valence-corrected chi connectivity index (χ1v) is 9.84. The van der Waals surface area contributed by atoms with Crippen molar-refractivity contribution in [1.82, 2.24) is 10.2 Å². The van der Waals surface area contributed by atoms with Gasteiger partial charge in [0.25, 0.3) is 0 Å². The second-order valence-electron chi connectivity index (χ2n) is 6.87. The Morgan fingerprint density at radius 2 is 1.57 bits per heavy atom. The van der Waals surface area contributed by atoms with E-state index in [0.717, 1.165) is 18.4 Å². The predicted molar refractivity (Wildman–Crippen MR) is 108 cm³/mol. The van der Waals surface area contributed by atoms with E-state index < -0.39 is 6.04 Å². The molecule has 0 bridgehead atoms. The highest BCUT2D eigenvalue weighted by molar-refractivity contribution is 6.30. The third kappa shape index (κ3) is 5.20. The molecular weight excluding hydrogens is 376 g/mol. The summed E-state index contributed by atoms with van der Waals surface area (Å²) in [6.07, 6.45) is 2.07. The van der Waals surface area contributed by atoms with Gasteiger partial charge in [0.2, 0.25) is 11.8 Å². The average molecular weight is 399 g/mol. The van der Waals surface area contributed by atoms with Gasteiger partial charge in [0.05, 0.1) is 0 Å². The molecule has 2 aromatic rings. The van der Waals surface area contributed by atoms with Gasteiger partial charge in [0.15, 0.2) is 5.78 Å². The summed E-state index contributed by atoms with van der Waals surface area (Å²) in [5, 5.41) is 3.38. The Morgan fingerprint density at radius 1 is 0.929 bits per heavy atom. The molecule has 5 nitrogen and oxygen atoms in total.